The van der Waals surface area contributed by atoms with E-state index in [9.17, 15) is 10.1 Å². The molecule has 0 aliphatic heterocycles. The lowest BCUT2D eigenvalue weighted by Gasteiger charge is -2.03. The van der Waals surface area contributed by atoms with Gasteiger partial charge in [0.1, 0.15) is 4.47 Å². The van der Waals surface area contributed by atoms with Crippen LogP contribution in [0.5, 0.6) is 0 Å². The summed E-state index contributed by atoms with van der Waals surface area (Å²) in [6, 6.07) is 6.11. The molecule has 0 saturated carbocycles. The van der Waals surface area contributed by atoms with Gasteiger partial charge < -0.3 is 10.1 Å². The molecular formula is C12H12BrN3O2. The average molecular weight is 310 g/mol. The minimum absolute atomic E-state index is 0.154. The standard InChI is InChI=1S/C12H12BrN3O2/c1-8-3-4-10(5-9(8)2)6-15-7-11(13)12(14-15)16(17)18/h3-5,7H,6H2,1-2H3. The van der Waals surface area contributed by atoms with Crippen LogP contribution in [0.15, 0.2) is 28.9 Å². The van der Waals surface area contributed by atoms with Crippen LogP contribution >= 0.6 is 15.9 Å². The maximum absolute atomic E-state index is 10.7. The molecule has 6 heteroatoms. The van der Waals surface area contributed by atoms with Crippen LogP contribution in [0.2, 0.25) is 0 Å². The average Bonchev–Trinajstić information content (AvgIpc) is 2.65. The zero-order valence-corrected chi connectivity index (χ0v) is 11.6. The number of rotatable bonds is 3. The second-order valence-electron chi connectivity index (χ2n) is 4.17. The van der Waals surface area contributed by atoms with E-state index in [-0.39, 0.29) is 5.82 Å². The van der Waals surface area contributed by atoms with Crippen molar-refractivity contribution in [2.24, 2.45) is 0 Å². The highest BCUT2D eigenvalue weighted by Gasteiger charge is 2.18. The highest BCUT2D eigenvalue weighted by molar-refractivity contribution is 9.10. The van der Waals surface area contributed by atoms with Gasteiger partial charge in [-0.3, -0.25) is 0 Å². The van der Waals surface area contributed by atoms with Crippen LogP contribution in [-0.2, 0) is 6.54 Å². The SMILES string of the molecule is Cc1ccc(Cn2cc(Br)c([N+](=O)[O-])n2)cc1C. The highest BCUT2D eigenvalue weighted by atomic mass is 79.9. The van der Waals surface area contributed by atoms with E-state index in [1.54, 1.807) is 10.9 Å². The van der Waals surface area contributed by atoms with Crippen LogP contribution in [0.1, 0.15) is 16.7 Å². The molecule has 0 unspecified atom stereocenters. The molecule has 0 radical (unpaired) electrons. The first-order valence-electron chi connectivity index (χ1n) is 5.41. The normalized spacial score (nSPS) is 10.6. The van der Waals surface area contributed by atoms with Crippen molar-refractivity contribution in [3.8, 4) is 0 Å². The maximum atomic E-state index is 10.7. The Morgan fingerprint density at radius 1 is 1.39 bits per heavy atom. The van der Waals surface area contributed by atoms with Crippen molar-refractivity contribution in [2.75, 3.05) is 0 Å². The van der Waals surface area contributed by atoms with E-state index >= 15 is 0 Å². The Morgan fingerprint density at radius 3 is 2.67 bits per heavy atom. The van der Waals surface area contributed by atoms with E-state index in [0.717, 1.165) is 5.56 Å². The van der Waals surface area contributed by atoms with Gasteiger partial charge in [0, 0.05) is 0 Å². The molecule has 0 N–H and O–H groups in total. The summed E-state index contributed by atoms with van der Waals surface area (Å²) < 4.78 is 1.96. The van der Waals surface area contributed by atoms with E-state index in [1.807, 2.05) is 19.1 Å². The van der Waals surface area contributed by atoms with Gasteiger partial charge in [0.25, 0.3) is 0 Å². The lowest BCUT2D eigenvalue weighted by molar-refractivity contribution is -0.390. The lowest BCUT2D eigenvalue weighted by atomic mass is 10.1. The number of benzene rings is 1. The number of halogens is 1. The largest absolute Gasteiger partial charge is 0.404 e. The second-order valence-corrected chi connectivity index (χ2v) is 5.03. The van der Waals surface area contributed by atoms with Gasteiger partial charge in [0.2, 0.25) is 0 Å². The Bertz CT molecular complexity index is 607. The van der Waals surface area contributed by atoms with E-state index < -0.39 is 4.92 Å². The zero-order valence-electron chi connectivity index (χ0n) is 10.1. The van der Waals surface area contributed by atoms with Gasteiger partial charge >= 0.3 is 5.82 Å². The van der Waals surface area contributed by atoms with Gasteiger partial charge in [0.15, 0.2) is 0 Å². The third-order valence-electron chi connectivity index (χ3n) is 2.79. The fraction of sp³-hybridized carbons (Fsp3) is 0.250. The second kappa shape index (κ2) is 4.89. The summed E-state index contributed by atoms with van der Waals surface area (Å²) in [6.07, 6.45) is 1.62. The molecule has 1 aromatic carbocycles. The summed E-state index contributed by atoms with van der Waals surface area (Å²) >= 11 is 3.13. The summed E-state index contributed by atoms with van der Waals surface area (Å²) in [5.74, 6) is -0.154. The Balaban J connectivity index is 2.26. The molecule has 1 aromatic heterocycles. The number of nitro groups is 1. The third kappa shape index (κ3) is 2.59. The van der Waals surface area contributed by atoms with Gasteiger partial charge in [-0.05, 0) is 51.4 Å². The quantitative estimate of drug-likeness (QED) is 0.646. The molecule has 0 spiro atoms. The molecule has 0 fully saturated rings. The number of nitrogens with zero attached hydrogens (tertiary/aromatic N) is 3. The summed E-state index contributed by atoms with van der Waals surface area (Å²) in [5, 5.41) is 14.6. The number of aryl methyl sites for hydroxylation is 2. The Hall–Kier alpha value is -1.69. The Kier molecular flexibility index (Phi) is 3.47. The number of aromatic nitrogens is 2. The van der Waals surface area contributed by atoms with Crippen molar-refractivity contribution in [3.63, 3.8) is 0 Å². The van der Waals surface area contributed by atoms with Crippen LogP contribution in [0.25, 0.3) is 0 Å². The highest BCUT2D eigenvalue weighted by Crippen LogP contribution is 2.22. The molecular weight excluding hydrogens is 298 g/mol. The van der Waals surface area contributed by atoms with E-state index in [1.165, 1.54) is 11.1 Å². The topological polar surface area (TPSA) is 61.0 Å². The molecule has 2 rings (SSSR count). The summed E-state index contributed by atoms with van der Waals surface area (Å²) in [6.45, 7) is 4.61. The molecule has 1 heterocycles. The number of hydrogen-bond donors (Lipinski definition) is 0. The molecule has 0 aliphatic carbocycles. The first-order chi connectivity index (χ1) is 8.47. The summed E-state index contributed by atoms with van der Waals surface area (Å²) in [7, 11) is 0. The van der Waals surface area contributed by atoms with Gasteiger partial charge in [-0.2, -0.15) is 4.68 Å². The van der Waals surface area contributed by atoms with Gasteiger partial charge in [-0.15, -0.1) is 0 Å². The number of hydrogen-bond acceptors (Lipinski definition) is 3. The van der Waals surface area contributed by atoms with Crippen LogP contribution in [0, 0.1) is 24.0 Å². The van der Waals surface area contributed by atoms with E-state index in [0.29, 0.717) is 11.0 Å². The lowest BCUT2D eigenvalue weighted by Crippen LogP contribution is -2.01. The summed E-state index contributed by atoms with van der Waals surface area (Å²) in [5.41, 5.74) is 3.50. The Labute approximate surface area is 113 Å². The van der Waals surface area contributed by atoms with Crippen molar-refractivity contribution in [3.05, 3.63) is 55.7 Å². The minimum Gasteiger partial charge on any atom is -0.358 e. The summed E-state index contributed by atoms with van der Waals surface area (Å²) in [4.78, 5) is 10.2. The van der Waals surface area contributed by atoms with Gasteiger partial charge in [-0.1, -0.05) is 18.2 Å². The minimum atomic E-state index is -0.499. The molecule has 0 saturated heterocycles. The molecule has 0 bridgehead atoms. The third-order valence-corrected chi connectivity index (χ3v) is 3.35. The van der Waals surface area contributed by atoms with Crippen LogP contribution in [0.3, 0.4) is 0 Å². The maximum Gasteiger partial charge on any atom is 0.404 e. The molecule has 0 atom stereocenters. The Morgan fingerprint density at radius 2 is 2.11 bits per heavy atom. The fourth-order valence-electron chi connectivity index (χ4n) is 1.68. The molecule has 5 nitrogen and oxygen atoms in total. The molecule has 0 aliphatic rings. The van der Waals surface area contributed by atoms with Gasteiger partial charge in [0.05, 0.1) is 17.8 Å². The van der Waals surface area contributed by atoms with Crippen LogP contribution in [-0.4, -0.2) is 14.7 Å². The van der Waals surface area contributed by atoms with Crippen molar-refractivity contribution >= 4 is 21.7 Å². The molecule has 94 valence electrons. The van der Waals surface area contributed by atoms with Crippen molar-refractivity contribution in [1.82, 2.24) is 9.78 Å². The van der Waals surface area contributed by atoms with Gasteiger partial charge in [-0.25, -0.2) is 0 Å². The van der Waals surface area contributed by atoms with Crippen molar-refractivity contribution < 1.29 is 4.92 Å². The fourth-order valence-corrected chi connectivity index (χ4v) is 2.14. The van der Waals surface area contributed by atoms with E-state index in [4.69, 9.17) is 0 Å². The molecule has 0 amide bonds. The van der Waals surface area contributed by atoms with Crippen LogP contribution < -0.4 is 0 Å². The smallest absolute Gasteiger partial charge is 0.358 e. The van der Waals surface area contributed by atoms with Crippen molar-refractivity contribution in [2.45, 2.75) is 20.4 Å². The zero-order chi connectivity index (χ0) is 13.3. The monoisotopic (exact) mass is 309 g/mol. The first-order valence-corrected chi connectivity index (χ1v) is 6.20. The molecule has 2 aromatic rings. The predicted octanol–water partition coefficient (Wildman–Crippen LogP) is 3.22. The van der Waals surface area contributed by atoms with E-state index in [2.05, 4.69) is 34.0 Å². The molecule has 18 heavy (non-hydrogen) atoms. The van der Waals surface area contributed by atoms with Crippen molar-refractivity contribution in [1.29, 1.82) is 0 Å². The predicted molar refractivity (Wildman–Crippen MR) is 71.6 cm³/mol. The first kappa shape index (κ1) is 12.8. The van der Waals surface area contributed by atoms with Crippen LogP contribution in [0.4, 0.5) is 5.82 Å².